The van der Waals surface area contributed by atoms with Gasteiger partial charge >= 0.3 is 0 Å². The van der Waals surface area contributed by atoms with Gasteiger partial charge in [0.25, 0.3) is 5.91 Å². The van der Waals surface area contributed by atoms with Crippen LogP contribution in [0.1, 0.15) is 0 Å². The topological polar surface area (TPSA) is 69.2 Å². The molecule has 2 aliphatic heterocycles. The molecule has 3 rings (SSSR count). The van der Waals surface area contributed by atoms with Crippen LogP contribution in [0, 0.1) is 0 Å². The van der Waals surface area contributed by atoms with E-state index in [4.69, 9.17) is 15.2 Å². The second-order valence-corrected chi connectivity index (χ2v) is 4.92. The van der Waals surface area contributed by atoms with Crippen LogP contribution in [0.25, 0.3) is 0 Å². The lowest BCUT2D eigenvalue weighted by molar-refractivity contribution is -0.892. The predicted molar refractivity (Wildman–Crippen MR) is 69.5 cm³/mol. The van der Waals surface area contributed by atoms with Gasteiger partial charge in [-0.25, -0.2) is 0 Å². The van der Waals surface area contributed by atoms with Crippen molar-refractivity contribution in [1.82, 2.24) is 0 Å². The molecule has 1 amide bonds. The number of anilines is 1. The first kappa shape index (κ1) is 12.1. The molecule has 0 atom stereocenters. The quantitative estimate of drug-likeness (QED) is 0.705. The Labute approximate surface area is 111 Å². The van der Waals surface area contributed by atoms with E-state index in [0.29, 0.717) is 13.3 Å². The van der Waals surface area contributed by atoms with Gasteiger partial charge in [-0.05, 0) is 12.1 Å². The molecule has 0 aliphatic carbocycles. The summed E-state index contributed by atoms with van der Waals surface area (Å²) < 4.78 is 10.7. The number of rotatable bonds is 3. The van der Waals surface area contributed by atoms with E-state index < -0.39 is 0 Å². The first-order valence-electron chi connectivity index (χ1n) is 6.49. The van der Waals surface area contributed by atoms with Crippen LogP contribution < -0.4 is 25.0 Å². The van der Waals surface area contributed by atoms with Gasteiger partial charge < -0.3 is 25.0 Å². The highest BCUT2D eigenvalue weighted by molar-refractivity contribution is 5.74. The lowest BCUT2D eigenvalue weighted by atomic mass is 10.2. The number of primary amides is 1. The number of hydrogen-bond acceptors (Lipinski definition) is 4. The Bertz CT molecular complexity index is 484. The number of benzene rings is 1. The fourth-order valence-corrected chi connectivity index (χ4v) is 2.59. The molecule has 0 radical (unpaired) electrons. The summed E-state index contributed by atoms with van der Waals surface area (Å²) in [5.41, 5.74) is 6.37. The van der Waals surface area contributed by atoms with Gasteiger partial charge in [-0.3, -0.25) is 4.79 Å². The second-order valence-electron chi connectivity index (χ2n) is 4.92. The highest BCUT2D eigenvalue weighted by Crippen LogP contribution is 2.35. The van der Waals surface area contributed by atoms with Crippen LogP contribution in [0.3, 0.4) is 0 Å². The molecule has 0 spiro atoms. The largest absolute Gasteiger partial charge is 0.454 e. The van der Waals surface area contributed by atoms with E-state index in [0.717, 1.165) is 43.4 Å². The summed E-state index contributed by atoms with van der Waals surface area (Å²) in [7, 11) is 0. The summed E-state index contributed by atoms with van der Waals surface area (Å²) in [4.78, 5) is 14.5. The minimum absolute atomic E-state index is 0.230. The number of carbonyl (C=O) groups is 1. The van der Waals surface area contributed by atoms with Crippen LogP contribution in [0.4, 0.5) is 5.69 Å². The number of carbonyl (C=O) groups excluding carboxylic acids is 1. The molecular weight excluding hydrogens is 246 g/mol. The maximum atomic E-state index is 10.9. The highest BCUT2D eigenvalue weighted by atomic mass is 16.7. The van der Waals surface area contributed by atoms with E-state index >= 15 is 0 Å². The first-order chi connectivity index (χ1) is 9.22. The third-order valence-corrected chi connectivity index (χ3v) is 3.62. The zero-order valence-corrected chi connectivity index (χ0v) is 10.7. The van der Waals surface area contributed by atoms with Crippen molar-refractivity contribution in [2.24, 2.45) is 5.73 Å². The summed E-state index contributed by atoms with van der Waals surface area (Å²) in [5, 5.41) is 0. The molecule has 0 unspecified atom stereocenters. The number of nitrogens with zero attached hydrogens (tertiary/aromatic N) is 1. The molecule has 19 heavy (non-hydrogen) atoms. The standard InChI is InChI=1S/C13H17N3O3/c14-13(17)8-15-3-5-16(6-4-15)10-1-2-11-12(7-10)19-9-18-11/h1-2,7H,3-6,8-9H2,(H2,14,17)/p+1. The number of fused-ring (bicyclic) bond motifs is 1. The SMILES string of the molecule is NC(=O)C[NH+]1CCN(c2ccc3c(c2)OCO3)CC1. The third-order valence-electron chi connectivity index (χ3n) is 3.62. The van der Waals surface area contributed by atoms with Crippen LogP contribution in [0.15, 0.2) is 18.2 Å². The highest BCUT2D eigenvalue weighted by Gasteiger charge is 2.23. The molecule has 1 aromatic carbocycles. The zero-order chi connectivity index (χ0) is 13.2. The number of hydrogen-bond donors (Lipinski definition) is 2. The van der Waals surface area contributed by atoms with Crippen molar-refractivity contribution in [2.75, 3.05) is 44.4 Å². The smallest absolute Gasteiger partial charge is 0.272 e. The van der Waals surface area contributed by atoms with Gasteiger partial charge in [-0.2, -0.15) is 0 Å². The molecule has 3 N–H and O–H groups in total. The Balaban J connectivity index is 1.63. The van der Waals surface area contributed by atoms with Crippen molar-refractivity contribution in [3.8, 4) is 11.5 Å². The van der Waals surface area contributed by atoms with E-state index in [1.165, 1.54) is 4.90 Å². The van der Waals surface area contributed by atoms with Crippen LogP contribution >= 0.6 is 0 Å². The Kier molecular flexibility index (Phi) is 3.16. The molecule has 1 fully saturated rings. The van der Waals surface area contributed by atoms with Gasteiger partial charge in [0.1, 0.15) is 0 Å². The molecule has 6 nitrogen and oxygen atoms in total. The molecule has 6 heteroatoms. The Morgan fingerprint density at radius 1 is 1.26 bits per heavy atom. The molecule has 2 aliphatic rings. The van der Waals surface area contributed by atoms with Crippen molar-refractivity contribution >= 4 is 11.6 Å². The van der Waals surface area contributed by atoms with Gasteiger partial charge in [0.2, 0.25) is 6.79 Å². The predicted octanol–water partition coefficient (Wildman–Crippen LogP) is -1.39. The maximum Gasteiger partial charge on any atom is 0.272 e. The molecule has 102 valence electrons. The number of quaternary nitrogens is 1. The van der Waals surface area contributed by atoms with Gasteiger partial charge in [-0.1, -0.05) is 0 Å². The van der Waals surface area contributed by atoms with Crippen molar-refractivity contribution in [2.45, 2.75) is 0 Å². The van der Waals surface area contributed by atoms with Gasteiger partial charge in [0.05, 0.1) is 26.2 Å². The molecular formula is C13H18N3O3+. The number of piperazine rings is 1. The summed E-state index contributed by atoms with van der Waals surface area (Å²) >= 11 is 0. The minimum Gasteiger partial charge on any atom is -0.454 e. The Morgan fingerprint density at radius 3 is 2.74 bits per heavy atom. The second kappa shape index (κ2) is 4.97. The number of nitrogens with two attached hydrogens (primary N) is 1. The molecule has 2 heterocycles. The van der Waals surface area contributed by atoms with E-state index in [1.54, 1.807) is 0 Å². The van der Waals surface area contributed by atoms with Crippen molar-refractivity contribution in [3.05, 3.63) is 18.2 Å². The Hall–Kier alpha value is -1.95. The van der Waals surface area contributed by atoms with E-state index in [1.807, 2.05) is 18.2 Å². The summed E-state index contributed by atoms with van der Waals surface area (Å²) in [6.07, 6.45) is 0. The number of nitrogens with one attached hydrogen (secondary N) is 1. The average Bonchev–Trinajstić information content (AvgIpc) is 2.86. The minimum atomic E-state index is -0.230. The molecule has 0 bridgehead atoms. The van der Waals surface area contributed by atoms with Gasteiger partial charge in [-0.15, -0.1) is 0 Å². The van der Waals surface area contributed by atoms with Crippen molar-refractivity contribution in [3.63, 3.8) is 0 Å². The lowest BCUT2D eigenvalue weighted by Gasteiger charge is -2.33. The monoisotopic (exact) mass is 264 g/mol. The first-order valence-corrected chi connectivity index (χ1v) is 6.49. The number of amides is 1. The van der Waals surface area contributed by atoms with Crippen molar-refractivity contribution in [1.29, 1.82) is 0 Å². The average molecular weight is 264 g/mol. The maximum absolute atomic E-state index is 10.9. The lowest BCUT2D eigenvalue weighted by Crippen LogP contribution is -3.15. The Morgan fingerprint density at radius 2 is 2.00 bits per heavy atom. The fourth-order valence-electron chi connectivity index (χ4n) is 2.59. The van der Waals surface area contributed by atoms with E-state index in [2.05, 4.69) is 4.90 Å². The molecule has 1 saturated heterocycles. The van der Waals surface area contributed by atoms with E-state index in [-0.39, 0.29) is 5.91 Å². The summed E-state index contributed by atoms with van der Waals surface area (Å²) in [5.74, 6) is 1.39. The van der Waals surface area contributed by atoms with Crippen LogP contribution in [0.5, 0.6) is 11.5 Å². The van der Waals surface area contributed by atoms with Crippen LogP contribution in [0.2, 0.25) is 0 Å². The number of ether oxygens (including phenoxy) is 2. The van der Waals surface area contributed by atoms with Crippen molar-refractivity contribution < 1.29 is 19.2 Å². The normalized spacial score (nSPS) is 18.6. The van der Waals surface area contributed by atoms with Gasteiger partial charge in [0.15, 0.2) is 18.0 Å². The third kappa shape index (κ3) is 2.58. The van der Waals surface area contributed by atoms with E-state index in [9.17, 15) is 4.79 Å². The summed E-state index contributed by atoms with van der Waals surface area (Å²) in [6, 6.07) is 6.01. The summed E-state index contributed by atoms with van der Waals surface area (Å²) in [6.45, 7) is 4.42. The molecule has 1 aromatic rings. The fraction of sp³-hybridized carbons (Fsp3) is 0.462. The van der Waals surface area contributed by atoms with Crippen LogP contribution in [-0.2, 0) is 4.79 Å². The molecule has 0 saturated carbocycles. The zero-order valence-electron chi connectivity index (χ0n) is 10.7. The van der Waals surface area contributed by atoms with Gasteiger partial charge in [0, 0.05) is 11.8 Å². The van der Waals surface area contributed by atoms with Crippen LogP contribution in [-0.4, -0.2) is 45.4 Å². The molecule has 0 aromatic heterocycles.